The van der Waals surface area contributed by atoms with Crippen LogP contribution in [0.2, 0.25) is 0 Å². The summed E-state index contributed by atoms with van der Waals surface area (Å²) in [5.74, 6) is 0. The molecule has 0 fully saturated rings. The summed E-state index contributed by atoms with van der Waals surface area (Å²) in [5, 5.41) is 15.1. The van der Waals surface area contributed by atoms with Crippen LogP contribution in [0.25, 0.3) is 119 Å². The Morgan fingerprint density at radius 1 is 0.315 bits per heavy atom. The number of para-hydroxylation sites is 1. The van der Waals surface area contributed by atoms with Crippen LogP contribution < -0.4 is 0 Å². The molecule has 2 aromatic heterocycles. The highest BCUT2D eigenvalue weighted by atomic mass is 32.1. The Kier molecular flexibility index (Phi) is 6.28. The van der Waals surface area contributed by atoms with Crippen molar-refractivity contribution < 1.29 is 4.42 Å². The highest BCUT2D eigenvalue weighted by Crippen LogP contribution is 2.46. The fourth-order valence-corrected chi connectivity index (χ4v) is 10.1. The van der Waals surface area contributed by atoms with Crippen LogP contribution in [0, 0.1) is 0 Å². The molecule has 0 saturated heterocycles. The number of hydrogen-bond donors (Lipinski definition) is 0. The van der Waals surface area contributed by atoms with Crippen molar-refractivity contribution in [2.24, 2.45) is 0 Å². The average molecular weight is 703 g/mol. The van der Waals surface area contributed by atoms with Gasteiger partial charge < -0.3 is 4.42 Å². The van der Waals surface area contributed by atoms with Crippen molar-refractivity contribution in [3.05, 3.63) is 182 Å². The van der Waals surface area contributed by atoms with E-state index in [1.807, 2.05) is 17.4 Å². The molecule has 0 bridgehead atoms. The van der Waals surface area contributed by atoms with E-state index in [1.165, 1.54) is 107 Å². The summed E-state index contributed by atoms with van der Waals surface area (Å²) < 4.78 is 8.82. The van der Waals surface area contributed by atoms with E-state index in [2.05, 4.69) is 176 Å². The molecule has 0 N–H and O–H groups in total. The Hall–Kier alpha value is -6.74. The third kappa shape index (κ3) is 4.32. The molecule has 12 aromatic rings. The lowest BCUT2D eigenvalue weighted by molar-refractivity contribution is 0.669. The van der Waals surface area contributed by atoms with E-state index >= 15 is 0 Å². The van der Waals surface area contributed by atoms with Gasteiger partial charge in [0.25, 0.3) is 0 Å². The molecule has 10 aromatic carbocycles. The molecule has 0 unspecified atom stereocenters. The molecule has 54 heavy (non-hydrogen) atoms. The van der Waals surface area contributed by atoms with Gasteiger partial charge in [0.05, 0.1) is 0 Å². The Morgan fingerprint density at radius 2 is 0.926 bits per heavy atom. The van der Waals surface area contributed by atoms with Gasteiger partial charge in [-0.2, -0.15) is 0 Å². The quantitative estimate of drug-likeness (QED) is 0.167. The van der Waals surface area contributed by atoms with E-state index in [9.17, 15) is 0 Å². The van der Waals surface area contributed by atoms with Crippen LogP contribution in [0.4, 0.5) is 0 Å². The van der Waals surface area contributed by atoms with Crippen molar-refractivity contribution in [2.75, 3.05) is 0 Å². The first-order chi connectivity index (χ1) is 26.8. The molecular formula is C52H30OS. The largest absolute Gasteiger partial charge is 0.456 e. The summed E-state index contributed by atoms with van der Waals surface area (Å²) >= 11 is 1.87. The molecule has 0 atom stereocenters. The maximum Gasteiger partial charge on any atom is 0.136 e. The van der Waals surface area contributed by atoms with Gasteiger partial charge in [0.2, 0.25) is 0 Å². The first-order valence-corrected chi connectivity index (χ1v) is 19.3. The molecule has 0 radical (unpaired) electrons. The lowest BCUT2D eigenvalue weighted by Crippen LogP contribution is -1.91. The van der Waals surface area contributed by atoms with Gasteiger partial charge in [0.1, 0.15) is 11.2 Å². The summed E-state index contributed by atoms with van der Waals surface area (Å²) in [7, 11) is 0. The fourth-order valence-electron chi connectivity index (χ4n) is 9.00. The normalized spacial score (nSPS) is 12.1. The monoisotopic (exact) mass is 702 g/mol. The molecule has 0 aliphatic carbocycles. The van der Waals surface area contributed by atoms with Crippen LogP contribution in [-0.4, -0.2) is 0 Å². The van der Waals surface area contributed by atoms with Crippen LogP contribution in [0.5, 0.6) is 0 Å². The maximum atomic E-state index is 6.22. The Balaban J connectivity index is 0.997. The standard InChI is InChI=1S/C52H30OS/c1-2-12-36-32(10-1)11-9-18-37(36)51-40-15-5-3-13-38(40)50(39-14-4-6-16-41(39)51)33-22-20-31(21-23-33)34-25-27-48-44(28-34)45-29-35-24-26-47-52(43(35)30-49(45)54-48)42-17-7-8-19-46(42)53-47/h1-30H. The van der Waals surface area contributed by atoms with Gasteiger partial charge in [0, 0.05) is 30.9 Å². The number of furan rings is 1. The van der Waals surface area contributed by atoms with Gasteiger partial charge >= 0.3 is 0 Å². The molecule has 1 nitrogen and oxygen atoms in total. The van der Waals surface area contributed by atoms with Crippen LogP contribution in [0.15, 0.2) is 186 Å². The van der Waals surface area contributed by atoms with Crippen LogP contribution in [0.3, 0.4) is 0 Å². The Labute approximate surface area is 314 Å². The molecule has 0 spiro atoms. The second-order valence-electron chi connectivity index (χ2n) is 14.4. The van der Waals surface area contributed by atoms with Gasteiger partial charge in [-0.05, 0) is 113 Å². The van der Waals surface area contributed by atoms with Crippen LogP contribution in [0.1, 0.15) is 0 Å². The molecule has 2 heterocycles. The average Bonchev–Trinajstić information content (AvgIpc) is 3.79. The highest BCUT2D eigenvalue weighted by molar-refractivity contribution is 7.25. The zero-order valence-corrected chi connectivity index (χ0v) is 30.0. The second-order valence-corrected chi connectivity index (χ2v) is 15.4. The lowest BCUT2D eigenvalue weighted by atomic mass is 9.84. The Bertz CT molecular complexity index is 3430. The molecule has 0 aliphatic rings. The minimum atomic E-state index is 0.936. The zero-order chi connectivity index (χ0) is 35.3. The van der Waals surface area contributed by atoms with Gasteiger partial charge in [-0.25, -0.2) is 0 Å². The summed E-state index contributed by atoms with van der Waals surface area (Å²) in [5.41, 5.74) is 9.40. The third-order valence-electron chi connectivity index (χ3n) is 11.4. The highest BCUT2D eigenvalue weighted by Gasteiger charge is 2.18. The van der Waals surface area contributed by atoms with Gasteiger partial charge in [-0.15, -0.1) is 11.3 Å². The van der Waals surface area contributed by atoms with E-state index in [-0.39, 0.29) is 0 Å². The summed E-state index contributed by atoms with van der Waals surface area (Å²) in [6.45, 7) is 0. The summed E-state index contributed by atoms with van der Waals surface area (Å²) in [4.78, 5) is 0. The second kappa shape index (κ2) is 11.4. The molecule has 250 valence electrons. The predicted octanol–water partition coefficient (Wildman–Crippen LogP) is 15.6. The van der Waals surface area contributed by atoms with Crippen LogP contribution >= 0.6 is 11.3 Å². The van der Waals surface area contributed by atoms with Crippen molar-refractivity contribution in [2.45, 2.75) is 0 Å². The van der Waals surface area contributed by atoms with Crippen LogP contribution in [-0.2, 0) is 0 Å². The van der Waals surface area contributed by atoms with Gasteiger partial charge in [-0.3, -0.25) is 0 Å². The van der Waals surface area contributed by atoms with E-state index in [1.54, 1.807) is 0 Å². The van der Waals surface area contributed by atoms with Gasteiger partial charge in [0.15, 0.2) is 0 Å². The van der Waals surface area contributed by atoms with E-state index in [4.69, 9.17) is 4.42 Å². The molecule has 0 amide bonds. The first kappa shape index (κ1) is 29.8. The predicted molar refractivity (Wildman–Crippen MR) is 233 cm³/mol. The zero-order valence-electron chi connectivity index (χ0n) is 29.1. The van der Waals surface area contributed by atoms with Crippen molar-refractivity contribution in [3.63, 3.8) is 0 Å². The number of rotatable bonds is 3. The smallest absolute Gasteiger partial charge is 0.136 e. The van der Waals surface area contributed by atoms with E-state index < -0.39 is 0 Å². The van der Waals surface area contributed by atoms with Crippen molar-refractivity contribution in [1.82, 2.24) is 0 Å². The molecule has 0 aliphatic heterocycles. The molecule has 2 heteroatoms. The minimum Gasteiger partial charge on any atom is -0.456 e. The number of hydrogen-bond acceptors (Lipinski definition) is 2. The number of thiophene rings is 1. The maximum absolute atomic E-state index is 6.22. The van der Waals surface area contributed by atoms with Crippen molar-refractivity contribution >= 4 is 96.5 Å². The van der Waals surface area contributed by atoms with Gasteiger partial charge in [-0.1, -0.05) is 146 Å². The van der Waals surface area contributed by atoms with Crippen molar-refractivity contribution in [3.8, 4) is 33.4 Å². The fraction of sp³-hybridized carbons (Fsp3) is 0. The summed E-state index contributed by atoms with van der Waals surface area (Å²) in [6, 6.07) is 66.8. The number of fused-ring (bicyclic) bond motifs is 11. The summed E-state index contributed by atoms with van der Waals surface area (Å²) in [6.07, 6.45) is 0. The topological polar surface area (TPSA) is 13.1 Å². The number of benzene rings is 10. The molecular weight excluding hydrogens is 673 g/mol. The SMILES string of the molecule is c1ccc2c(-c3c4ccccc4c(-c4ccc(-c5ccc6sc7cc8c(ccc9oc%10ccccc%10c98)cc7c6c5)cc4)c4ccccc34)cccc2c1. The van der Waals surface area contributed by atoms with E-state index in [0.717, 1.165) is 11.2 Å². The van der Waals surface area contributed by atoms with Crippen molar-refractivity contribution in [1.29, 1.82) is 0 Å². The minimum absolute atomic E-state index is 0.936. The molecule has 0 saturated carbocycles. The third-order valence-corrected chi connectivity index (χ3v) is 12.6. The first-order valence-electron chi connectivity index (χ1n) is 18.5. The lowest BCUT2D eigenvalue weighted by Gasteiger charge is -2.19. The molecule has 12 rings (SSSR count). The van der Waals surface area contributed by atoms with E-state index in [0.29, 0.717) is 0 Å². The Morgan fingerprint density at radius 3 is 1.70 bits per heavy atom.